The van der Waals surface area contributed by atoms with Gasteiger partial charge in [-0.1, -0.05) is 6.92 Å². The highest BCUT2D eigenvalue weighted by atomic mass is 32.2. The first-order valence-electron chi connectivity index (χ1n) is 5.46. The van der Waals surface area contributed by atoms with Gasteiger partial charge in [0, 0.05) is 0 Å². The Kier molecular flexibility index (Phi) is 4.13. The number of carbonyl (C=O) groups excluding carboxylic acids is 1. The van der Waals surface area contributed by atoms with E-state index in [4.69, 9.17) is 9.29 Å². The lowest BCUT2D eigenvalue weighted by molar-refractivity contribution is -0.144. The first-order chi connectivity index (χ1) is 8.16. The molecule has 0 saturated heterocycles. The SMILES string of the molecule is CCC(C)(C)C(=O)Oc1ccc(S(=O)(=O)O)cc1. The van der Waals surface area contributed by atoms with Gasteiger partial charge in [-0.25, -0.2) is 0 Å². The lowest BCUT2D eigenvalue weighted by atomic mass is 9.91. The molecule has 0 fully saturated rings. The number of hydrogen-bond acceptors (Lipinski definition) is 4. The number of ether oxygens (including phenoxy) is 1. The molecule has 18 heavy (non-hydrogen) atoms. The first-order valence-corrected chi connectivity index (χ1v) is 6.90. The number of hydrogen-bond donors (Lipinski definition) is 1. The quantitative estimate of drug-likeness (QED) is 0.516. The Hall–Kier alpha value is -1.40. The zero-order valence-corrected chi connectivity index (χ0v) is 11.3. The lowest BCUT2D eigenvalue weighted by Crippen LogP contribution is -2.28. The zero-order chi connectivity index (χ0) is 14.0. The average molecular weight is 272 g/mol. The molecule has 6 heteroatoms. The molecule has 0 aliphatic heterocycles. The van der Waals surface area contributed by atoms with E-state index >= 15 is 0 Å². The molecule has 0 saturated carbocycles. The molecular formula is C12H16O5S. The zero-order valence-electron chi connectivity index (χ0n) is 10.5. The van der Waals surface area contributed by atoms with Gasteiger partial charge in [-0.05, 0) is 44.5 Å². The standard InChI is InChI=1S/C12H16O5S/c1-4-12(2,3)11(13)17-9-5-7-10(8-6-9)18(14,15)16/h5-8H,4H2,1-3H3,(H,14,15,16). The molecule has 1 aromatic carbocycles. The second-order valence-corrected chi connectivity index (χ2v) is 5.99. The summed E-state index contributed by atoms with van der Waals surface area (Å²) in [7, 11) is -4.22. The van der Waals surface area contributed by atoms with E-state index in [9.17, 15) is 13.2 Å². The minimum Gasteiger partial charge on any atom is -0.426 e. The van der Waals surface area contributed by atoms with Crippen molar-refractivity contribution in [2.24, 2.45) is 5.41 Å². The summed E-state index contributed by atoms with van der Waals surface area (Å²) >= 11 is 0. The van der Waals surface area contributed by atoms with Crippen molar-refractivity contribution in [2.75, 3.05) is 0 Å². The second kappa shape index (κ2) is 5.07. The van der Waals surface area contributed by atoms with Crippen LogP contribution in [0.5, 0.6) is 5.75 Å². The third-order valence-electron chi connectivity index (χ3n) is 2.77. The molecule has 100 valence electrons. The molecule has 1 aromatic rings. The van der Waals surface area contributed by atoms with E-state index in [0.29, 0.717) is 6.42 Å². The fourth-order valence-electron chi connectivity index (χ4n) is 1.07. The molecule has 0 aliphatic rings. The summed E-state index contributed by atoms with van der Waals surface area (Å²) in [6.07, 6.45) is 0.634. The Labute approximate surface area is 107 Å². The van der Waals surface area contributed by atoms with Crippen molar-refractivity contribution in [3.05, 3.63) is 24.3 Å². The molecule has 0 spiro atoms. The molecule has 5 nitrogen and oxygen atoms in total. The van der Waals surface area contributed by atoms with Crippen LogP contribution < -0.4 is 4.74 Å². The Morgan fingerprint density at radius 1 is 1.28 bits per heavy atom. The monoisotopic (exact) mass is 272 g/mol. The van der Waals surface area contributed by atoms with E-state index in [2.05, 4.69) is 0 Å². The van der Waals surface area contributed by atoms with E-state index in [-0.39, 0.29) is 16.6 Å². The van der Waals surface area contributed by atoms with Gasteiger partial charge >= 0.3 is 5.97 Å². The minimum atomic E-state index is -4.22. The average Bonchev–Trinajstić information content (AvgIpc) is 2.28. The molecule has 0 atom stereocenters. The van der Waals surface area contributed by atoms with Crippen molar-refractivity contribution in [3.63, 3.8) is 0 Å². The van der Waals surface area contributed by atoms with Crippen LogP contribution in [0.1, 0.15) is 27.2 Å². The van der Waals surface area contributed by atoms with Crippen LogP contribution in [0.3, 0.4) is 0 Å². The molecule has 0 amide bonds. The van der Waals surface area contributed by atoms with Crippen LogP contribution in [0.25, 0.3) is 0 Å². The van der Waals surface area contributed by atoms with Crippen molar-refractivity contribution < 1.29 is 22.5 Å². The van der Waals surface area contributed by atoms with Gasteiger partial charge in [-0.15, -0.1) is 0 Å². The largest absolute Gasteiger partial charge is 0.426 e. The Morgan fingerprint density at radius 2 is 1.78 bits per heavy atom. The van der Waals surface area contributed by atoms with Gasteiger partial charge in [0.25, 0.3) is 10.1 Å². The predicted octanol–water partition coefficient (Wildman–Crippen LogP) is 2.27. The van der Waals surface area contributed by atoms with E-state index in [1.807, 2.05) is 6.92 Å². The van der Waals surface area contributed by atoms with Crippen LogP contribution >= 0.6 is 0 Å². The van der Waals surface area contributed by atoms with Gasteiger partial charge in [0.05, 0.1) is 10.3 Å². The summed E-state index contributed by atoms with van der Waals surface area (Å²) < 4.78 is 35.6. The number of carbonyl (C=O) groups is 1. The molecule has 0 bridgehead atoms. The van der Waals surface area contributed by atoms with Gasteiger partial charge in [-0.3, -0.25) is 9.35 Å². The van der Waals surface area contributed by atoms with Crippen LogP contribution in [-0.2, 0) is 14.9 Å². The Balaban J connectivity index is 2.86. The molecular weight excluding hydrogens is 256 g/mol. The molecule has 0 aliphatic carbocycles. The van der Waals surface area contributed by atoms with Gasteiger partial charge in [-0.2, -0.15) is 8.42 Å². The highest BCUT2D eigenvalue weighted by Crippen LogP contribution is 2.24. The maximum atomic E-state index is 11.8. The summed E-state index contributed by atoms with van der Waals surface area (Å²) in [5.41, 5.74) is -0.596. The van der Waals surface area contributed by atoms with Gasteiger partial charge in [0.1, 0.15) is 5.75 Å². The number of esters is 1. The van der Waals surface area contributed by atoms with Crippen LogP contribution in [0.15, 0.2) is 29.2 Å². The van der Waals surface area contributed by atoms with Crippen molar-refractivity contribution in [2.45, 2.75) is 32.1 Å². The van der Waals surface area contributed by atoms with E-state index in [1.54, 1.807) is 13.8 Å². The van der Waals surface area contributed by atoms with Crippen LogP contribution in [0.4, 0.5) is 0 Å². The molecule has 0 aromatic heterocycles. The van der Waals surface area contributed by atoms with Crippen LogP contribution in [0, 0.1) is 5.41 Å². The van der Waals surface area contributed by atoms with Crippen molar-refractivity contribution in [1.29, 1.82) is 0 Å². The smallest absolute Gasteiger partial charge is 0.316 e. The summed E-state index contributed by atoms with van der Waals surface area (Å²) in [5, 5.41) is 0. The maximum Gasteiger partial charge on any atom is 0.316 e. The predicted molar refractivity (Wildman–Crippen MR) is 66.0 cm³/mol. The fourth-order valence-corrected chi connectivity index (χ4v) is 1.55. The van der Waals surface area contributed by atoms with E-state index in [1.165, 1.54) is 24.3 Å². The van der Waals surface area contributed by atoms with Crippen LogP contribution in [0.2, 0.25) is 0 Å². The number of rotatable bonds is 4. The fraction of sp³-hybridized carbons (Fsp3) is 0.417. The first kappa shape index (κ1) is 14.7. The molecule has 0 unspecified atom stereocenters. The van der Waals surface area contributed by atoms with Crippen LogP contribution in [-0.4, -0.2) is 18.9 Å². The lowest BCUT2D eigenvalue weighted by Gasteiger charge is -2.20. The third kappa shape index (κ3) is 3.54. The van der Waals surface area contributed by atoms with E-state index in [0.717, 1.165) is 0 Å². The van der Waals surface area contributed by atoms with Gasteiger partial charge in [0.2, 0.25) is 0 Å². The normalized spacial score (nSPS) is 12.2. The van der Waals surface area contributed by atoms with Gasteiger partial charge in [0.15, 0.2) is 0 Å². The van der Waals surface area contributed by atoms with E-state index < -0.39 is 15.5 Å². The Bertz CT molecular complexity index is 528. The van der Waals surface area contributed by atoms with Crippen molar-refractivity contribution in [3.8, 4) is 5.75 Å². The van der Waals surface area contributed by atoms with Gasteiger partial charge < -0.3 is 4.74 Å². The highest BCUT2D eigenvalue weighted by molar-refractivity contribution is 7.85. The summed E-state index contributed by atoms with van der Waals surface area (Å²) in [5.74, 6) is -0.140. The van der Waals surface area contributed by atoms with Crippen molar-refractivity contribution in [1.82, 2.24) is 0 Å². The Morgan fingerprint density at radius 3 is 2.17 bits per heavy atom. The summed E-state index contributed by atoms with van der Waals surface area (Å²) in [6, 6.07) is 5.01. The maximum absolute atomic E-state index is 11.8. The topological polar surface area (TPSA) is 80.7 Å². The highest BCUT2D eigenvalue weighted by Gasteiger charge is 2.27. The molecule has 1 rings (SSSR count). The second-order valence-electron chi connectivity index (χ2n) is 4.57. The third-order valence-corrected chi connectivity index (χ3v) is 3.64. The molecule has 0 heterocycles. The molecule has 0 radical (unpaired) electrons. The number of benzene rings is 1. The van der Waals surface area contributed by atoms with Crippen molar-refractivity contribution >= 4 is 16.1 Å². The summed E-state index contributed by atoms with van der Waals surface area (Å²) in [4.78, 5) is 11.5. The molecule has 1 N–H and O–H groups in total. The summed E-state index contributed by atoms with van der Waals surface area (Å²) in [6.45, 7) is 5.41. The minimum absolute atomic E-state index is 0.239.